The Morgan fingerprint density at radius 3 is 2.33 bits per heavy atom. The highest BCUT2D eigenvalue weighted by Crippen LogP contribution is 2.36. The Hall–Kier alpha value is -0.820. The van der Waals surface area contributed by atoms with Crippen molar-refractivity contribution in [1.29, 1.82) is 0 Å². The molecule has 0 aliphatic heterocycles. The first-order chi connectivity index (χ1) is 8.61. The molecule has 0 aromatic heterocycles. The summed E-state index contributed by atoms with van der Waals surface area (Å²) in [7, 11) is 0. The molecule has 0 amide bonds. The van der Waals surface area contributed by atoms with E-state index in [4.69, 9.17) is 0 Å². The lowest BCUT2D eigenvalue weighted by Gasteiger charge is -2.31. The van der Waals surface area contributed by atoms with E-state index in [9.17, 15) is 0 Å². The van der Waals surface area contributed by atoms with E-state index in [0.29, 0.717) is 6.04 Å². The van der Waals surface area contributed by atoms with Crippen molar-refractivity contribution in [2.45, 2.75) is 59.4 Å². The molecule has 1 nitrogen and oxygen atoms in total. The molecule has 1 N–H and O–H groups in total. The minimum Gasteiger partial charge on any atom is -0.310 e. The lowest BCUT2D eigenvalue weighted by molar-refractivity contribution is 0.262. The molecular weight excluding hydrogens is 218 g/mol. The third-order valence-corrected chi connectivity index (χ3v) is 4.50. The van der Waals surface area contributed by atoms with E-state index in [1.165, 1.54) is 47.9 Å². The quantitative estimate of drug-likeness (QED) is 0.808. The Morgan fingerprint density at radius 1 is 1.11 bits per heavy atom. The van der Waals surface area contributed by atoms with E-state index < -0.39 is 0 Å². The topological polar surface area (TPSA) is 12.0 Å². The van der Waals surface area contributed by atoms with Gasteiger partial charge in [-0.2, -0.15) is 0 Å². The van der Waals surface area contributed by atoms with Gasteiger partial charge in [0.05, 0.1) is 0 Å². The number of rotatable bonds is 5. The molecule has 18 heavy (non-hydrogen) atoms. The summed E-state index contributed by atoms with van der Waals surface area (Å²) in [5.41, 5.74) is 5.80. The molecule has 1 unspecified atom stereocenters. The number of hydrogen-bond donors (Lipinski definition) is 1. The summed E-state index contributed by atoms with van der Waals surface area (Å²) in [4.78, 5) is 0. The van der Waals surface area contributed by atoms with Crippen LogP contribution in [0.1, 0.15) is 60.9 Å². The SMILES string of the molecule is CCNC(CC1CCC1)c1cc(C)c(C)cc1C. The van der Waals surface area contributed by atoms with E-state index in [1.54, 1.807) is 0 Å². The molecule has 1 fully saturated rings. The molecule has 1 heteroatoms. The highest BCUT2D eigenvalue weighted by Gasteiger charge is 2.23. The van der Waals surface area contributed by atoms with Crippen molar-refractivity contribution in [1.82, 2.24) is 5.32 Å². The van der Waals surface area contributed by atoms with Crippen molar-refractivity contribution in [2.75, 3.05) is 6.54 Å². The molecule has 1 saturated carbocycles. The molecule has 100 valence electrons. The summed E-state index contributed by atoms with van der Waals surface area (Å²) in [6.45, 7) is 9.96. The molecular formula is C17H27N. The molecule has 0 spiro atoms. The van der Waals surface area contributed by atoms with Gasteiger partial charge in [0.15, 0.2) is 0 Å². The van der Waals surface area contributed by atoms with Crippen LogP contribution in [0.15, 0.2) is 12.1 Å². The smallest absolute Gasteiger partial charge is 0.0325 e. The molecule has 1 atom stereocenters. The van der Waals surface area contributed by atoms with E-state index >= 15 is 0 Å². The zero-order chi connectivity index (χ0) is 13.1. The first-order valence-electron chi connectivity index (χ1n) is 7.43. The van der Waals surface area contributed by atoms with Crippen molar-refractivity contribution < 1.29 is 0 Å². The van der Waals surface area contributed by atoms with Crippen molar-refractivity contribution in [3.63, 3.8) is 0 Å². The van der Waals surface area contributed by atoms with Gasteiger partial charge >= 0.3 is 0 Å². The first kappa shape index (κ1) is 13.6. The van der Waals surface area contributed by atoms with Gasteiger partial charge in [0.1, 0.15) is 0 Å². The van der Waals surface area contributed by atoms with E-state index in [1.807, 2.05) is 0 Å². The average molecular weight is 245 g/mol. The zero-order valence-corrected chi connectivity index (χ0v) is 12.3. The number of benzene rings is 1. The molecule has 1 aliphatic rings. The van der Waals surface area contributed by atoms with Gasteiger partial charge in [-0.15, -0.1) is 0 Å². The highest BCUT2D eigenvalue weighted by atomic mass is 14.9. The third-order valence-electron chi connectivity index (χ3n) is 4.50. The van der Waals surface area contributed by atoms with Gasteiger partial charge in [-0.05, 0) is 61.9 Å². The standard InChI is InChI=1S/C17H27N/c1-5-18-17(11-15-7-6-8-15)16-10-13(3)12(2)9-14(16)4/h9-10,15,17-18H,5-8,11H2,1-4H3. The summed E-state index contributed by atoms with van der Waals surface area (Å²) in [6, 6.07) is 5.30. The van der Waals surface area contributed by atoms with Crippen LogP contribution in [0.4, 0.5) is 0 Å². The fourth-order valence-corrected chi connectivity index (χ4v) is 2.99. The van der Waals surface area contributed by atoms with Gasteiger partial charge in [0, 0.05) is 6.04 Å². The van der Waals surface area contributed by atoms with Gasteiger partial charge in [0.25, 0.3) is 0 Å². The van der Waals surface area contributed by atoms with Gasteiger partial charge in [-0.3, -0.25) is 0 Å². The summed E-state index contributed by atoms with van der Waals surface area (Å²) in [5, 5.41) is 3.69. The summed E-state index contributed by atoms with van der Waals surface area (Å²) in [6.07, 6.45) is 5.63. The summed E-state index contributed by atoms with van der Waals surface area (Å²) in [5.74, 6) is 0.954. The lowest BCUT2D eigenvalue weighted by atomic mass is 9.79. The predicted octanol–water partition coefficient (Wildman–Crippen LogP) is 4.45. The minimum absolute atomic E-state index is 0.555. The summed E-state index contributed by atoms with van der Waals surface area (Å²) < 4.78 is 0. The van der Waals surface area contributed by atoms with Gasteiger partial charge in [-0.1, -0.05) is 38.3 Å². The Kier molecular flexibility index (Phi) is 4.45. The van der Waals surface area contributed by atoms with Gasteiger partial charge < -0.3 is 5.32 Å². The maximum absolute atomic E-state index is 3.69. The molecule has 2 rings (SSSR count). The van der Waals surface area contributed by atoms with Crippen molar-refractivity contribution in [3.05, 3.63) is 34.4 Å². The second-order valence-electron chi connectivity index (χ2n) is 5.94. The highest BCUT2D eigenvalue weighted by molar-refractivity contribution is 5.38. The van der Waals surface area contributed by atoms with Crippen LogP contribution in [0.2, 0.25) is 0 Å². The second-order valence-corrected chi connectivity index (χ2v) is 5.94. The Labute approximate surface area is 112 Å². The van der Waals surface area contributed by atoms with Crippen molar-refractivity contribution >= 4 is 0 Å². The largest absolute Gasteiger partial charge is 0.310 e. The van der Waals surface area contributed by atoms with Crippen LogP contribution in [0.3, 0.4) is 0 Å². The molecule has 1 aromatic carbocycles. The van der Waals surface area contributed by atoms with Crippen LogP contribution in [-0.4, -0.2) is 6.54 Å². The van der Waals surface area contributed by atoms with Crippen LogP contribution in [0.25, 0.3) is 0 Å². The lowest BCUT2D eigenvalue weighted by Crippen LogP contribution is -2.26. The van der Waals surface area contributed by atoms with Gasteiger partial charge in [0.2, 0.25) is 0 Å². The van der Waals surface area contributed by atoms with Crippen LogP contribution in [0.5, 0.6) is 0 Å². The van der Waals surface area contributed by atoms with E-state index in [0.717, 1.165) is 12.5 Å². The minimum atomic E-state index is 0.555. The van der Waals surface area contributed by atoms with E-state index in [-0.39, 0.29) is 0 Å². The normalized spacial score (nSPS) is 17.6. The van der Waals surface area contributed by atoms with Gasteiger partial charge in [-0.25, -0.2) is 0 Å². The van der Waals surface area contributed by atoms with E-state index in [2.05, 4.69) is 45.1 Å². The third kappa shape index (κ3) is 2.95. The van der Waals surface area contributed by atoms with Crippen LogP contribution < -0.4 is 5.32 Å². The molecule has 0 bridgehead atoms. The summed E-state index contributed by atoms with van der Waals surface area (Å²) >= 11 is 0. The predicted molar refractivity (Wildman–Crippen MR) is 79.0 cm³/mol. The van der Waals surface area contributed by atoms with Crippen LogP contribution in [0, 0.1) is 26.7 Å². The van der Waals surface area contributed by atoms with Crippen molar-refractivity contribution in [2.24, 2.45) is 5.92 Å². The van der Waals surface area contributed by atoms with Crippen LogP contribution >= 0.6 is 0 Å². The second kappa shape index (κ2) is 5.88. The number of nitrogens with one attached hydrogen (secondary N) is 1. The molecule has 1 aliphatic carbocycles. The molecule has 0 heterocycles. The number of hydrogen-bond acceptors (Lipinski definition) is 1. The first-order valence-corrected chi connectivity index (χ1v) is 7.43. The number of aryl methyl sites for hydroxylation is 3. The average Bonchev–Trinajstić information content (AvgIpc) is 2.27. The monoisotopic (exact) mass is 245 g/mol. The fraction of sp³-hybridized carbons (Fsp3) is 0.647. The van der Waals surface area contributed by atoms with Crippen molar-refractivity contribution in [3.8, 4) is 0 Å². The Morgan fingerprint density at radius 2 is 1.78 bits per heavy atom. The fourth-order valence-electron chi connectivity index (χ4n) is 2.99. The maximum Gasteiger partial charge on any atom is 0.0325 e. The molecule has 0 radical (unpaired) electrons. The maximum atomic E-state index is 3.69. The Balaban J connectivity index is 2.20. The molecule has 1 aromatic rings. The van der Waals surface area contributed by atoms with Crippen LogP contribution in [-0.2, 0) is 0 Å². The Bertz CT molecular complexity index is 404. The molecule has 0 saturated heterocycles. The zero-order valence-electron chi connectivity index (χ0n) is 12.3.